The summed E-state index contributed by atoms with van der Waals surface area (Å²) in [6.07, 6.45) is 8.18. The minimum absolute atomic E-state index is 0.559. The van der Waals surface area contributed by atoms with Gasteiger partial charge in [0.1, 0.15) is 0 Å². The largest absolute Gasteiger partial charge is 0.356 e. The lowest BCUT2D eigenvalue weighted by Crippen LogP contribution is -2.49. The molecule has 1 saturated carbocycles. The molecule has 2 aliphatic rings. The van der Waals surface area contributed by atoms with E-state index in [4.69, 9.17) is 0 Å². The van der Waals surface area contributed by atoms with E-state index in [0.717, 1.165) is 25.0 Å². The summed E-state index contributed by atoms with van der Waals surface area (Å²) in [6.45, 7) is 5.45. The highest BCUT2D eigenvalue weighted by molar-refractivity contribution is 7.11. The summed E-state index contributed by atoms with van der Waals surface area (Å²) in [5, 5.41) is 8.18. The molecule has 5 nitrogen and oxygen atoms in total. The van der Waals surface area contributed by atoms with E-state index in [2.05, 4.69) is 32.4 Å². The van der Waals surface area contributed by atoms with E-state index < -0.39 is 0 Å². The maximum Gasteiger partial charge on any atom is 0.191 e. The predicted octanol–water partition coefficient (Wildman–Crippen LogP) is 1.79. The second kappa shape index (κ2) is 7.42. The molecule has 0 spiro atoms. The van der Waals surface area contributed by atoms with Gasteiger partial charge in [0.05, 0.1) is 5.01 Å². The van der Waals surface area contributed by atoms with E-state index in [1.807, 2.05) is 13.2 Å². The van der Waals surface area contributed by atoms with Crippen LogP contribution in [0, 0.1) is 6.92 Å². The summed E-state index contributed by atoms with van der Waals surface area (Å²) in [5.74, 6) is 0.929. The highest BCUT2D eigenvalue weighted by atomic mass is 32.1. The molecule has 0 aromatic carbocycles. The summed E-state index contributed by atoms with van der Waals surface area (Å²) < 4.78 is 0. The van der Waals surface area contributed by atoms with Crippen LogP contribution in [0.2, 0.25) is 0 Å². The molecule has 0 radical (unpaired) electrons. The third kappa shape index (κ3) is 4.43. The Hall–Kier alpha value is -1.14. The zero-order chi connectivity index (χ0) is 15.4. The standard InChI is InChI=1S/C16H27N5S/c1-12-11-19-15(22-12)5-8-18-16(17-2)20-13-6-9-21(10-7-13)14-3-4-14/h11,13-14H,3-10H2,1-2H3,(H2,17,18,20). The Morgan fingerprint density at radius 3 is 2.73 bits per heavy atom. The van der Waals surface area contributed by atoms with Crippen LogP contribution in [-0.4, -0.2) is 54.6 Å². The fourth-order valence-electron chi connectivity index (χ4n) is 3.04. The van der Waals surface area contributed by atoms with Crippen molar-refractivity contribution < 1.29 is 0 Å². The Kier molecular flexibility index (Phi) is 5.31. The molecule has 2 fully saturated rings. The quantitative estimate of drug-likeness (QED) is 0.641. The zero-order valence-electron chi connectivity index (χ0n) is 13.6. The SMILES string of the molecule is CN=C(NCCc1ncc(C)s1)NC1CCN(C2CC2)CC1. The predicted molar refractivity (Wildman–Crippen MR) is 92.7 cm³/mol. The van der Waals surface area contributed by atoms with Gasteiger partial charge in [-0.1, -0.05) is 0 Å². The Bertz CT molecular complexity index is 500. The number of aromatic nitrogens is 1. The highest BCUT2D eigenvalue weighted by Crippen LogP contribution is 2.29. The van der Waals surface area contributed by atoms with Crippen molar-refractivity contribution in [2.24, 2.45) is 4.99 Å². The van der Waals surface area contributed by atoms with Gasteiger partial charge in [0.2, 0.25) is 0 Å². The number of thiazole rings is 1. The summed E-state index contributed by atoms with van der Waals surface area (Å²) in [5.41, 5.74) is 0. The van der Waals surface area contributed by atoms with Gasteiger partial charge in [-0.3, -0.25) is 4.99 Å². The summed E-state index contributed by atoms with van der Waals surface area (Å²) in [7, 11) is 1.85. The van der Waals surface area contributed by atoms with Gasteiger partial charge in [-0.25, -0.2) is 4.98 Å². The van der Waals surface area contributed by atoms with Crippen LogP contribution in [-0.2, 0) is 6.42 Å². The first kappa shape index (κ1) is 15.7. The first-order valence-electron chi connectivity index (χ1n) is 8.37. The molecule has 0 unspecified atom stereocenters. The molecule has 1 saturated heterocycles. The molecule has 122 valence electrons. The van der Waals surface area contributed by atoms with Crippen LogP contribution < -0.4 is 10.6 Å². The van der Waals surface area contributed by atoms with E-state index in [1.165, 1.54) is 48.7 Å². The van der Waals surface area contributed by atoms with Crippen LogP contribution >= 0.6 is 11.3 Å². The Balaban J connectivity index is 1.36. The molecule has 2 N–H and O–H groups in total. The fraction of sp³-hybridized carbons (Fsp3) is 0.750. The molecule has 1 aromatic rings. The normalized spacial score (nSPS) is 21.1. The number of aryl methyl sites for hydroxylation is 1. The number of likely N-dealkylation sites (tertiary alicyclic amines) is 1. The number of rotatable bonds is 5. The summed E-state index contributed by atoms with van der Waals surface area (Å²) in [6, 6.07) is 1.46. The van der Waals surface area contributed by atoms with Gasteiger partial charge in [-0.05, 0) is 32.6 Å². The average Bonchev–Trinajstić information content (AvgIpc) is 3.30. The average molecular weight is 321 g/mol. The molecule has 6 heteroatoms. The third-order valence-electron chi connectivity index (χ3n) is 4.46. The van der Waals surface area contributed by atoms with E-state index >= 15 is 0 Å². The maximum absolute atomic E-state index is 4.40. The van der Waals surface area contributed by atoms with Crippen molar-refractivity contribution in [1.82, 2.24) is 20.5 Å². The van der Waals surface area contributed by atoms with Gasteiger partial charge in [0.25, 0.3) is 0 Å². The minimum Gasteiger partial charge on any atom is -0.356 e. The van der Waals surface area contributed by atoms with Gasteiger partial charge in [-0.15, -0.1) is 11.3 Å². The van der Waals surface area contributed by atoms with Crippen molar-refractivity contribution >= 4 is 17.3 Å². The minimum atomic E-state index is 0.559. The zero-order valence-corrected chi connectivity index (χ0v) is 14.5. The summed E-state index contributed by atoms with van der Waals surface area (Å²) >= 11 is 1.77. The number of hydrogen-bond acceptors (Lipinski definition) is 4. The molecule has 1 aliphatic heterocycles. The van der Waals surface area contributed by atoms with E-state index in [-0.39, 0.29) is 0 Å². The number of nitrogens with zero attached hydrogens (tertiary/aromatic N) is 3. The molecule has 0 atom stereocenters. The fourth-order valence-corrected chi connectivity index (χ4v) is 3.83. The molecule has 0 amide bonds. The second-order valence-electron chi connectivity index (χ2n) is 6.30. The monoisotopic (exact) mass is 321 g/mol. The Labute approximate surface area is 137 Å². The molecular formula is C16H27N5S. The lowest BCUT2D eigenvalue weighted by molar-refractivity contribution is 0.197. The topological polar surface area (TPSA) is 52.6 Å². The molecule has 0 bridgehead atoms. The van der Waals surface area contributed by atoms with Crippen LogP contribution in [0.4, 0.5) is 0 Å². The van der Waals surface area contributed by atoms with Crippen LogP contribution in [0.5, 0.6) is 0 Å². The van der Waals surface area contributed by atoms with Gasteiger partial charge >= 0.3 is 0 Å². The van der Waals surface area contributed by atoms with Gasteiger partial charge in [0.15, 0.2) is 5.96 Å². The number of aliphatic imine (C=N–C) groups is 1. The van der Waals surface area contributed by atoms with Crippen molar-refractivity contribution in [3.05, 3.63) is 16.1 Å². The van der Waals surface area contributed by atoms with Crippen molar-refractivity contribution in [1.29, 1.82) is 0 Å². The third-order valence-corrected chi connectivity index (χ3v) is 5.43. The Morgan fingerprint density at radius 1 is 1.36 bits per heavy atom. The van der Waals surface area contributed by atoms with Crippen LogP contribution in [0.1, 0.15) is 35.6 Å². The Morgan fingerprint density at radius 2 is 2.14 bits per heavy atom. The van der Waals surface area contributed by atoms with E-state index in [1.54, 1.807) is 11.3 Å². The first-order valence-corrected chi connectivity index (χ1v) is 9.19. The lowest BCUT2D eigenvalue weighted by atomic mass is 10.1. The van der Waals surface area contributed by atoms with E-state index in [0.29, 0.717) is 6.04 Å². The van der Waals surface area contributed by atoms with Gasteiger partial charge in [-0.2, -0.15) is 0 Å². The van der Waals surface area contributed by atoms with Crippen molar-refractivity contribution in [3.8, 4) is 0 Å². The van der Waals surface area contributed by atoms with Gasteiger partial charge < -0.3 is 15.5 Å². The molecule has 2 heterocycles. The first-order chi connectivity index (χ1) is 10.7. The lowest BCUT2D eigenvalue weighted by Gasteiger charge is -2.33. The number of hydrogen-bond donors (Lipinski definition) is 2. The molecule has 1 aliphatic carbocycles. The maximum atomic E-state index is 4.40. The highest BCUT2D eigenvalue weighted by Gasteiger charge is 2.31. The van der Waals surface area contributed by atoms with Crippen LogP contribution in [0.3, 0.4) is 0 Å². The second-order valence-corrected chi connectivity index (χ2v) is 7.62. The summed E-state index contributed by atoms with van der Waals surface area (Å²) in [4.78, 5) is 12.7. The number of nitrogens with one attached hydrogen (secondary N) is 2. The van der Waals surface area contributed by atoms with Crippen molar-refractivity contribution in [2.45, 2.75) is 51.1 Å². The molecule has 3 rings (SSSR count). The molecule has 1 aromatic heterocycles. The van der Waals surface area contributed by atoms with E-state index in [9.17, 15) is 0 Å². The molecular weight excluding hydrogens is 294 g/mol. The van der Waals surface area contributed by atoms with Crippen LogP contribution in [0.15, 0.2) is 11.2 Å². The van der Waals surface area contributed by atoms with Crippen molar-refractivity contribution in [3.63, 3.8) is 0 Å². The van der Waals surface area contributed by atoms with Gasteiger partial charge in [0, 0.05) is 56.3 Å². The van der Waals surface area contributed by atoms with Crippen LogP contribution in [0.25, 0.3) is 0 Å². The number of guanidine groups is 1. The smallest absolute Gasteiger partial charge is 0.191 e. The molecule has 22 heavy (non-hydrogen) atoms. The number of piperidine rings is 1. The van der Waals surface area contributed by atoms with Crippen molar-refractivity contribution in [2.75, 3.05) is 26.7 Å².